The third kappa shape index (κ3) is 8.64. The SMILES string of the molecule is C[C@@H](C/C=C/C=C/C(=O)NO)[C@H](OC(=O)Nc1ccc(F)cc1F)c1ccc(OCCO)cc1. The Balaban J connectivity index is 2.15. The van der Waals surface area contributed by atoms with E-state index in [-0.39, 0.29) is 24.8 Å². The molecule has 0 spiro atoms. The number of nitrogens with one attached hydrogen (secondary N) is 2. The zero-order valence-electron chi connectivity index (χ0n) is 18.4. The lowest BCUT2D eigenvalue weighted by Crippen LogP contribution is -2.22. The van der Waals surface area contributed by atoms with Crippen LogP contribution in [0.25, 0.3) is 0 Å². The van der Waals surface area contributed by atoms with Crippen molar-refractivity contribution >= 4 is 17.7 Å². The number of hydroxylamine groups is 1. The van der Waals surface area contributed by atoms with Gasteiger partial charge in [-0.2, -0.15) is 0 Å². The maximum Gasteiger partial charge on any atom is 0.412 e. The van der Waals surface area contributed by atoms with Crippen LogP contribution in [0.3, 0.4) is 0 Å². The van der Waals surface area contributed by atoms with Gasteiger partial charge in [0.25, 0.3) is 5.91 Å². The number of halogens is 2. The second kappa shape index (κ2) is 13.7. The molecule has 34 heavy (non-hydrogen) atoms. The summed E-state index contributed by atoms with van der Waals surface area (Å²) >= 11 is 0. The van der Waals surface area contributed by atoms with Crippen molar-refractivity contribution in [2.75, 3.05) is 18.5 Å². The molecule has 2 amide bonds. The van der Waals surface area contributed by atoms with Gasteiger partial charge in [-0.15, -0.1) is 0 Å². The number of hydrogen-bond acceptors (Lipinski definition) is 6. The van der Waals surface area contributed by atoms with Gasteiger partial charge in [0.05, 0.1) is 12.3 Å². The van der Waals surface area contributed by atoms with Crippen molar-refractivity contribution in [3.05, 3.63) is 84.0 Å². The Bertz CT molecular complexity index is 1010. The van der Waals surface area contributed by atoms with E-state index >= 15 is 0 Å². The number of aliphatic hydroxyl groups excluding tert-OH is 1. The van der Waals surface area contributed by atoms with E-state index in [0.717, 1.165) is 18.2 Å². The Hall–Kier alpha value is -3.76. The highest BCUT2D eigenvalue weighted by Gasteiger charge is 2.24. The van der Waals surface area contributed by atoms with Gasteiger partial charge >= 0.3 is 6.09 Å². The normalized spacial score (nSPS) is 13.0. The molecule has 182 valence electrons. The molecule has 0 heterocycles. The van der Waals surface area contributed by atoms with Gasteiger partial charge in [-0.25, -0.2) is 19.1 Å². The number of carbonyl (C=O) groups is 2. The van der Waals surface area contributed by atoms with Crippen LogP contribution in [0.4, 0.5) is 19.3 Å². The van der Waals surface area contributed by atoms with E-state index in [0.29, 0.717) is 23.8 Å². The monoisotopic (exact) mass is 476 g/mol. The predicted molar refractivity (Wildman–Crippen MR) is 120 cm³/mol. The average molecular weight is 476 g/mol. The highest BCUT2D eigenvalue weighted by Crippen LogP contribution is 2.31. The first-order valence-electron chi connectivity index (χ1n) is 10.4. The summed E-state index contributed by atoms with van der Waals surface area (Å²) in [5.41, 5.74) is 1.89. The molecule has 4 N–H and O–H groups in total. The molecule has 0 aliphatic carbocycles. The van der Waals surface area contributed by atoms with Crippen LogP contribution in [0, 0.1) is 17.6 Å². The number of benzene rings is 2. The number of rotatable bonds is 11. The summed E-state index contributed by atoms with van der Waals surface area (Å²) < 4.78 is 37.9. The molecule has 2 aromatic rings. The van der Waals surface area contributed by atoms with E-state index < -0.39 is 29.7 Å². The third-order valence-electron chi connectivity index (χ3n) is 4.60. The van der Waals surface area contributed by atoms with Crippen LogP contribution in [0.15, 0.2) is 66.8 Å². The Labute approximate surface area is 195 Å². The van der Waals surface area contributed by atoms with Crippen molar-refractivity contribution in [1.82, 2.24) is 5.48 Å². The van der Waals surface area contributed by atoms with Crippen molar-refractivity contribution in [3.63, 3.8) is 0 Å². The number of amides is 2. The fourth-order valence-electron chi connectivity index (χ4n) is 2.95. The second-order valence-corrected chi connectivity index (χ2v) is 7.19. The smallest absolute Gasteiger partial charge is 0.412 e. The molecule has 8 nitrogen and oxygen atoms in total. The number of carbonyl (C=O) groups excluding carboxylic acids is 2. The Kier molecular flexibility index (Phi) is 10.7. The summed E-state index contributed by atoms with van der Waals surface area (Å²) in [7, 11) is 0. The molecule has 0 aromatic heterocycles. The summed E-state index contributed by atoms with van der Waals surface area (Å²) in [5, 5.41) is 19.6. The maximum atomic E-state index is 13.9. The molecule has 2 aromatic carbocycles. The number of ether oxygens (including phenoxy) is 2. The quantitative estimate of drug-likeness (QED) is 0.167. The van der Waals surface area contributed by atoms with Crippen molar-refractivity contribution in [2.45, 2.75) is 19.4 Å². The van der Waals surface area contributed by atoms with Gasteiger partial charge < -0.3 is 14.6 Å². The van der Waals surface area contributed by atoms with Crippen molar-refractivity contribution < 1.29 is 38.2 Å². The number of hydrogen-bond donors (Lipinski definition) is 4. The maximum absolute atomic E-state index is 13.9. The summed E-state index contributed by atoms with van der Waals surface area (Å²) in [6.07, 6.45) is 4.69. The average Bonchev–Trinajstić information content (AvgIpc) is 2.82. The molecule has 2 rings (SSSR count). The highest BCUT2D eigenvalue weighted by molar-refractivity contribution is 5.86. The topological polar surface area (TPSA) is 117 Å². The number of aliphatic hydroxyl groups is 1. The van der Waals surface area contributed by atoms with E-state index in [9.17, 15) is 18.4 Å². The first-order valence-corrected chi connectivity index (χ1v) is 10.4. The molecule has 2 atom stereocenters. The minimum Gasteiger partial charge on any atom is -0.491 e. The zero-order chi connectivity index (χ0) is 24.9. The lowest BCUT2D eigenvalue weighted by atomic mass is 9.94. The van der Waals surface area contributed by atoms with Gasteiger partial charge in [-0.05, 0) is 36.2 Å². The van der Waals surface area contributed by atoms with Crippen LogP contribution >= 0.6 is 0 Å². The lowest BCUT2D eigenvalue weighted by molar-refractivity contribution is -0.124. The number of anilines is 1. The molecule has 0 saturated heterocycles. The standard InChI is InChI=1S/C24H26F2N2O6/c1-16(5-3-2-4-6-22(30)28-32)23(17-7-10-19(11-8-17)33-14-13-29)34-24(31)27-21-12-9-18(25)15-20(21)26/h2-4,6-12,15-16,23,29,32H,5,13-14H2,1H3,(H,27,31)(H,28,30)/b3-2+,6-4+/t16-,23-/m0/s1. The van der Waals surface area contributed by atoms with Crippen LogP contribution in [-0.4, -0.2) is 35.5 Å². The van der Waals surface area contributed by atoms with Gasteiger partial charge in [0.15, 0.2) is 0 Å². The molecule has 0 unspecified atom stereocenters. The second-order valence-electron chi connectivity index (χ2n) is 7.19. The third-order valence-corrected chi connectivity index (χ3v) is 4.60. The summed E-state index contributed by atoms with van der Waals surface area (Å²) in [6, 6.07) is 9.49. The van der Waals surface area contributed by atoms with Crippen LogP contribution in [0.2, 0.25) is 0 Å². The summed E-state index contributed by atoms with van der Waals surface area (Å²) in [5.74, 6) is -2.11. The fourth-order valence-corrected chi connectivity index (χ4v) is 2.95. The lowest BCUT2D eigenvalue weighted by Gasteiger charge is -2.24. The van der Waals surface area contributed by atoms with Crippen LogP contribution in [-0.2, 0) is 9.53 Å². The molecule has 0 saturated carbocycles. The van der Waals surface area contributed by atoms with E-state index in [1.165, 1.54) is 11.6 Å². The van der Waals surface area contributed by atoms with Crippen molar-refractivity contribution in [2.24, 2.45) is 5.92 Å². The predicted octanol–water partition coefficient (Wildman–Crippen LogP) is 4.27. The van der Waals surface area contributed by atoms with Crippen molar-refractivity contribution in [1.29, 1.82) is 0 Å². The Morgan fingerprint density at radius 1 is 1.12 bits per heavy atom. The van der Waals surface area contributed by atoms with Crippen LogP contribution < -0.4 is 15.5 Å². The molecule has 10 heteroatoms. The van der Waals surface area contributed by atoms with Gasteiger partial charge in [-0.1, -0.05) is 37.3 Å². The van der Waals surface area contributed by atoms with E-state index in [4.69, 9.17) is 19.8 Å². The van der Waals surface area contributed by atoms with Gasteiger partial charge in [0.1, 0.15) is 30.1 Å². The summed E-state index contributed by atoms with van der Waals surface area (Å²) in [4.78, 5) is 23.5. The summed E-state index contributed by atoms with van der Waals surface area (Å²) in [6.45, 7) is 1.83. The zero-order valence-corrected chi connectivity index (χ0v) is 18.4. The van der Waals surface area contributed by atoms with Gasteiger partial charge in [0.2, 0.25) is 0 Å². The van der Waals surface area contributed by atoms with Crippen LogP contribution in [0.1, 0.15) is 25.0 Å². The van der Waals surface area contributed by atoms with E-state index in [2.05, 4.69) is 5.32 Å². The van der Waals surface area contributed by atoms with E-state index in [1.54, 1.807) is 36.4 Å². The number of allylic oxidation sites excluding steroid dienone is 3. The first kappa shape index (κ1) is 26.5. The minimum absolute atomic E-state index is 0.133. The van der Waals surface area contributed by atoms with Gasteiger partial charge in [0, 0.05) is 18.1 Å². The molecule has 0 aliphatic heterocycles. The molecule has 0 radical (unpaired) electrons. The first-order chi connectivity index (χ1) is 16.3. The highest BCUT2D eigenvalue weighted by atomic mass is 19.1. The van der Waals surface area contributed by atoms with Gasteiger partial charge in [-0.3, -0.25) is 15.3 Å². The molecule has 0 bridgehead atoms. The van der Waals surface area contributed by atoms with Crippen LogP contribution in [0.5, 0.6) is 5.75 Å². The molecular formula is C24H26F2N2O6. The molecule has 0 aliphatic rings. The Morgan fingerprint density at radius 2 is 1.85 bits per heavy atom. The van der Waals surface area contributed by atoms with Crippen molar-refractivity contribution in [3.8, 4) is 5.75 Å². The Morgan fingerprint density at radius 3 is 2.50 bits per heavy atom. The van der Waals surface area contributed by atoms with E-state index in [1.807, 2.05) is 6.92 Å². The molecule has 0 fully saturated rings. The molecular weight excluding hydrogens is 450 g/mol. The largest absolute Gasteiger partial charge is 0.491 e. The minimum atomic E-state index is -0.937. The fraction of sp³-hybridized carbons (Fsp3) is 0.250.